The lowest BCUT2D eigenvalue weighted by Crippen LogP contribution is -2.43. The molecular weight excluding hydrogens is 351 g/mol. The van der Waals surface area contributed by atoms with Gasteiger partial charge in [0.25, 0.3) is 5.56 Å². The van der Waals surface area contributed by atoms with Crippen LogP contribution >= 0.6 is 0 Å². The van der Waals surface area contributed by atoms with Gasteiger partial charge in [0, 0.05) is 0 Å². The number of aromatic nitrogens is 2. The molecule has 1 aromatic carbocycles. The van der Waals surface area contributed by atoms with Crippen molar-refractivity contribution in [3.63, 3.8) is 0 Å². The Bertz CT molecular complexity index is 1050. The summed E-state index contributed by atoms with van der Waals surface area (Å²) in [6, 6.07) is 1.58. The van der Waals surface area contributed by atoms with E-state index in [1.54, 1.807) is 4.83 Å². The summed E-state index contributed by atoms with van der Waals surface area (Å²) >= 11 is 0. The second-order valence-electron chi connectivity index (χ2n) is 4.92. The van der Waals surface area contributed by atoms with E-state index in [0.29, 0.717) is 6.07 Å². The molecule has 1 heterocycles. The molecule has 0 saturated carbocycles. The molecule has 24 heavy (non-hydrogen) atoms. The quantitative estimate of drug-likeness (QED) is 0.857. The molecule has 0 atom stereocenters. The Kier molecular flexibility index (Phi) is 4.31. The lowest BCUT2D eigenvalue weighted by atomic mass is 10.0. The summed E-state index contributed by atoms with van der Waals surface area (Å²) in [7, 11) is -3.94. The first-order chi connectivity index (χ1) is 10.9. The molecule has 11 heteroatoms. The van der Waals surface area contributed by atoms with Gasteiger partial charge in [-0.05, 0) is 24.6 Å². The van der Waals surface area contributed by atoms with Crippen molar-refractivity contribution in [2.24, 2.45) is 0 Å². The molecule has 1 aromatic heterocycles. The normalized spacial score (nSPS) is 12.9. The summed E-state index contributed by atoms with van der Waals surface area (Å²) in [5.41, 5.74) is -3.95. The summed E-state index contributed by atoms with van der Waals surface area (Å²) < 4.78 is 61.9. The van der Waals surface area contributed by atoms with Crippen molar-refractivity contribution in [2.75, 3.05) is 11.1 Å². The van der Waals surface area contributed by atoms with Crippen molar-refractivity contribution in [1.82, 2.24) is 9.66 Å². The number of sulfonamides is 1. The molecule has 2 aromatic rings. The zero-order valence-corrected chi connectivity index (χ0v) is 13.2. The third kappa shape index (κ3) is 3.50. The van der Waals surface area contributed by atoms with E-state index in [1.807, 2.05) is 0 Å². The van der Waals surface area contributed by atoms with E-state index in [0.717, 1.165) is 18.4 Å². The number of alkyl halides is 3. The molecule has 7 nitrogen and oxygen atoms in total. The number of aromatic amines is 1. The SMILES string of the molecule is CC=Cc1cc2c(=O)n(NS(C)(=O)=O)c(=O)[nH]c2cc1C(F)(F)F. The Morgan fingerprint density at radius 2 is 1.88 bits per heavy atom. The number of benzene rings is 1. The minimum atomic E-state index is -4.69. The molecule has 0 bridgehead atoms. The zero-order valence-electron chi connectivity index (χ0n) is 12.4. The monoisotopic (exact) mass is 363 g/mol. The highest BCUT2D eigenvalue weighted by Crippen LogP contribution is 2.34. The van der Waals surface area contributed by atoms with E-state index < -0.39 is 33.0 Å². The van der Waals surface area contributed by atoms with Crippen LogP contribution in [0.3, 0.4) is 0 Å². The van der Waals surface area contributed by atoms with E-state index in [1.165, 1.54) is 13.0 Å². The smallest absolute Gasteiger partial charge is 0.305 e. The Labute approximate surface area is 133 Å². The molecule has 0 amide bonds. The molecule has 0 aliphatic carbocycles. The van der Waals surface area contributed by atoms with Gasteiger partial charge in [0.05, 0.1) is 22.7 Å². The number of rotatable bonds is 3. The van der Waals surface area contributed by atoms with Crippen molar-refractivity contribution in [3.8, 4) is 0 Å². The number of nitrogens with zero attached hydrogens (tertiary/aromatic N) is 1. The van der Waals surface area contributed by atoms with E-state index in [2.05, 4.69) is 4.98 Å². The molecule has 0 spiro atoms. The fourth-order valence-electron chi connectivity index (χ4n) is 2.09. The van der Waals surface area contributed by atoms with Gasteiger partial charge in [-0.3, -0.25) is 4.79 Å². The van der Waals surface area contributed by atoms with Crippen molar-refractivity contribution in [3.05, 3.63) is 50.2 Å². The summed E-state index contributed by atoms with van der Waals surface area (Å²) in [5, 5.41) is -0.271. The van der Waals surface area contributed by atoms with E-state index >= 15 is 0 Å². The summed E-state index contributed by atoms with van der Waals surface area (Å²) in [6.45, 7) is 1.50. The minimum absolute atomic E-state index is 0.185. The van der Waals surface area contributed by atoms with Gasteiger partial charge in [0.1, 0.15) is 0 Å². The van der Waals surface area contributed by atoms with Crippen LogP contribution in [0.5, 0.6) is 0 Å². The number of fused-ring (bicyclic) bond motifs is 1. The Morgan fingerprint density at radius 3 is 2.38 bits per heavy atom. The van der Waals surface area contributed by atoms with Crippen LogP contribution in [0.1, 0.15) is 18.1 Å². The third-order valence-corrected chi connectivity index (χ3v) is 3.49. The average Bonchev–Trinajstić information content (AvgIpc) is 2.42. The van der Waals surface area contributed by atoms with E-state index in [9.17, 15) is 31.2 Å². The van der Waals surface area contributed by atoms with Gasteiger partial charge < -0.3 is 4.98 Å². The second-order valence-corrected chi connectivity index (χ2v) is 6.64. The van der Waals surface area contributed by atoms with Crippen molar-refractivity contribution in [2.45, 2.75) is 13.1 Å². The predicted octanol–water partition coefficient (Wildman–Crippen LogP) is 1.24. The van der Waals surface area contributed by atoms with Crippen LogP contribution in [0, 0.1) is 0 Å². The largest absolute Gasteiger partial charge is 0.417 e. The molecule has 0 radical (unpaired) electrons. The fourth-order valence-corrected chi connectivity index (χ4v) is 2.59. The van der Waals surface area contributed by atoms with Crippen LogP contribution in [0.4, 0.5) is 13.2 Å². The van der Waals surface area contributed by atoms with Gasteiger partial charge in [-0.15, -0.1) is 0 Å². The predicted molar refractivity (Wildman–Crippen MR) is 82.7 cm³/mol. The van der Waals surface area contributed by atoms with E-state index in [4.69, 9.17) is 0 Å². The topological polar surface area (TPSA) is 101 Å². The maximum absolute atomic E-state index is 13.1. The zero-order chi connectivity index (χ0) is 18.3. The third-order valence-electron chi connectivity index (χ3n) is 2.98. The van der Waals surface area contributed by atoms with Crippen LogP contribution in [-0.2, 0) is 16.2 Å². The maximum Gasteiger partial charge on any atom is 0.417 e. The number of halogens is 3. The average molecular weight is 363 g/mol. The first-order valence-corrected chi connectivity index (χ1v) is 8.34. The van der Waals surface area contributed by atoms with Crippen LogP contribution in [0.2, 0.25) is 0 Å². The molecule has 0 saturated heterocycles. The van der Waals surface area contributed by atoms with Crippen LogP contribution in [0.15, 0.2) is 27.8 Å². The summed E-state index contributed by atoms with van der Waals surface area (Å²) in [6.07, 6.45) is -1.46. The molecule has 0 aliphatic heterocycles. The van der Waals surface area contributed by atoms with Gasteiger partial charge in [-0.1, -0.05) is 12.2 Å². The first-order valence-electron chi connectivity index (χ1n) is 6.45. The van der Waals surface area contributed by atoms with Crippen molar-refractivity contribution in [1.29, 1.82) is 0 Å². The Hall–Kier alpha value is -2.56. The molecule has 2 rings (SSSR count). The van der Waals surface area contributed by atoms with Crippen LogP contribution < -0.4 is 16.1 Å². The summed E-state index contributed by atoms with van der Waals surface area (Å²) in [5.74, 6) is 0. The second kappa shape index (κ2) is 5.82. The highest BCUT2D eigenvalue weighted by atomic mass is 32.2. The number of hydrogen-bond acceptors (Lipinski definition) is 4. The number of allylic oxidation sites excluding steroid dienone is 1. The van der Waals surface area contributed by atoms with Crippen LogP contribution in [-0.4, -0.2) is 24.3 Å². The lowest BCUT2D eigenvalue weighted by Gasteiger charge is -2.13. The lowest BCUT2D eigenvalue weighted by molar-refractivity contribution is -0.137. The molecule has 0 aliphatic rings. The van der Waals surface area contributed by atoms with E-state index in [-0.39, 0.29) is 21.1 Å². The standard InChI is InChI=1S/C13H12F3N3O4S/c1-3-4-7-5-8-10(6-9(7)13(14,15)16)17-12(21)19(11(8)20)18-24(2,22)23/h3-6,18H,1-2H3,(H,17,21). The molecule has 130 valence electrons. The van der Waals surface area contributed by atoms with Gasteiger partial charge in [-0.2, -0.15) is 17.8 Å². The Balaban J connectivity index is 2.90. The minimum Gasteiger partial charge on any atom is -0.305 e. The van der Waals surface area contributed by atoms with Gasteiger partial charge in [0.2, 0.25) is 10.0 Å². The fraction of sp³-hybridized carbons (Fsp3) is 0.231. The number of nitrogens with one attached hydrogen (secondary N) is 2. The molecule has 2 N–H and O–H groups in total. The van der Waals surface area contributed by atoms with Gasteiger partial charge in [0.15, 0.2) is 0 Å². The van der Waals surface area contributed by atoms with Gasteiger partial charge >= 0.3 is 11.9 Å². The number of hydrogen-bond donors (Lipinski definition) is 2. The number of H-pyrrole nitrogens is 1. The molecule has 0 unspecified atom stereocenters. The van der Waals surface area contributed by atoms with Crippen molar-refractivity contribution >= 4 is 27.0 Å². The highest BCUT2D eigenvalue weighted by molar-refractivity contribution is 7.91. The Morgan fingerprint density at radius 1 is 1.25 bits per heavy atom. The molecule has 0 fully saturated rings. The molecular formula is C13H12F3N3O4S. The highest BCUT2D eigenvalue weighted by Gasteiger charge is 2.33. The maximum atomic E-state index is 13.1. The van der Waals surface area contributed by atoms with Gasteiger partial charge in [-0.25, -0.2) is 18.0 Å². The van der Waals surface area contributed by atoms with Crippen molar-refractivity contribution < 1.29 is 21.6 Å². The first kappa shape index (κ1) is 17.8. The summed E-state index contributed by atoms with van der Waals surface area (Å²) in [4.78, 5) is 27.8. The van der Waals surface area contributed by atoms with Crippen LogP contribution in [0.25, 0.3) is 17.0 Å².